The molecule has 0 saturated carbocycles. The van der Waals surface area contributed by atoms with Crippen molar-refractivity contribution in [2.75, 3.05) is 12.8 Å². The van der Waals surface area contributed by atoms with Gasteiger partial charge in [-0.05, 0) is 37.4 Å². The predicted molar refractivity (Wildman–Crippen MR) is 79.0 cm³/mol. The van der Waals surface area contributed by atoms with Gasteiger partial charge >= 0.3 is 0 Å². The standard InChI is InChI=1S/C15H17NO3S/c1-10-7-8-13(19-10)12(17)9-16-15(18)11-5-3-4-6-14(11)20-2/h3-8,12,17H,9H2,1-2H3,(H,16,18)/t12-/m0/s1. The second kappa shape index (κ2) is 6.63. The first-order valence-corrected chi connectivity index (χ1v) is 7.50. The van der Waals surface area contributed by atoms with Gasteiger partial charge in [0, 0.05) is 4.90 Å². The molecule has 1 atom stereocenters. The van der Waals surface area contributed by atoms with Crippen LogP contribution in [0.4, 0.5) is 0 Å². The van der Waals surface area contributed by atoms with E-state index in [4.69, 9.17) is 4.42 Å². The van der Waals surface area contributed by atoms with E-state index < -0.39 is 6.10 Å². The van der Waals surface area contributed by atoms with Gasteiger partial charge in [0.2, 0.25) is 0 Å². The lowest BCUT2D eigenvalue weighted by atomic mass is 10.2. The first-order chi connectivity index (χ1) is 9.61. The van der Waals surface area contributed by atoms with Crippen LogP contribution in [0.3, 0.4) is 0 Å². The third-order valence-corrected chi connectivity index (χ3v) is 3.69. The number of aryl methyl sites for hydroxylation is 1. The quantitative estimate of drug-likeness (QED) is 0.832. The van der Waals surface area contributed by atoms with Gasteiger partial charge in [0.15, 0.2) is 0 Å². The summed E-state index contributed by atoms with van der Waals surface area (Å²) in [5, 5.41) is 12.7. The number of aliphatic hydroxyl groups is 1. The summed E-state index contributed by atoms with van der Waals surface area (Å²) < 4.78 is 5.32. The van der Waals surface area contributed by atoms with E-state index in [2.05, 4.69) is 5.32 Å². The van der Waals surface area contributed by atoms with Crippen LogP contribution in [0.15, 0.2) is 45.7 Å². The van der Waals surface area contributed by atoms with Crippen molar-refractivity contribution in [3.8, 4) is 0 Å². The number of hydrogen-bond donors (Lipinski definition) is 2. The lowest BCUT2D eigenvalue weighted by Crippen LogP contribution is -2.28. The molecule has 0 radical (unpaired) electrons. The highest BCUT2D eigenvalue weighted by Crippen LogP contribution is 2.20. The minimum Gasteiger partial charge on any atom is -0.464 e. The van der Waals surface area contributed by atoms with E-state index in [-0.39, 0.29) is 12.5 Å². The van der Waals surface area contributed by atoms with Crippen LogP contribution in [-0.4, -0.2) is 23.8 Å². The van der Waals surface area contributed by atoms with E-state index in [1.165, 1.54) is 11.8 Å². The van der Waals surface area contributed by atoms with Gasteiger partial charge in [-0.3, -0.25) is 4.79 Å². The van der Waals surface area contributed by atoms with E-state index in [0.29, 0.717) is 11.3 Å². The first kappa shape index (κ1) is 14.7. The third kappa shape index (κ3) is 3.43. The number of amides is 1. The molecule has 2 rings (SSSR count). The van der Waals surface area contributed by atoms with Crippen LogP contribution in [0.2, 0.25) is 0 Å². The van der Waals surface area contributed by atoms with Crippen molar-refractivity contribution < 1.29 is 14.3 Å². The van der Waals surface area contributed by atoms with Crippen LogP contribution in [0.25, 0.3) is 0 Å². The number of rotatable bonds is 5. The van der Waals surface area contributed by atoms with Gasteiger partial charge in [-0.2, -0.15) is 0 Å². The van der Waals surface area contributed by atoms with Gasteiger partial charge in [0.25, 0.3) is 5.91 Å². The first-order valence-electron chi connectivity index (χ1n) is 6.27. The Balaban J connectivity index is 1.98. The van der Waals surface area contributed by atoms with E-state index in [1.807, 2.05) is 31.4 Å². The van der Waals surface area contributed by atoms with Crippen LogP contribution in [-0.2, 0) is 0 Å². The molecule has 0 aliphatic carbocycles. The summed E-state index contributed by atoms with van der Waals surface area (Å²) in [5.74, 6) is 0.997. The fraction of sp³-hybridized carbons (Fsp3) is 0.267. The number of carbonyl (C=O) groups excluding carboxylic acids is 1. The number of aliphatic hydroxyl groups excluding tert-OH is 1. The van der Waals surface area contributed by atoms with Gasteiger partial charge in [-0.1, -0.05) is 12.1 Å². The van der Waals surface area contributed by atoms with Crippen molar-refractivity contribution in [2.45, 2.75) is 17.9 Å². The zero-order chi connectivity index (χ0) is 14.5. The molecule has 20 heavy (non-hydrogen) atoms. The molecule has 0 bridgehead atoms. The molecular weight excluding hydrogens is 274 g/mol. The minimum absolute atomic E-state index is 0.120. The van der Waals surface area contributed by atoms with E-state index in [0.717, 1.165) is 10.7 Å². The molecule has 106 valence electrons. The van der Waals surface area contributed by atoms with Crippen LogP contribution in [0.1, 0.15) is 28.0 Å². The molecule has 1 amide bonds. The Morgan fingerprint density at radius 2 is 2.10 bits per heavy atom. The van der Waals surface area contributed by atoms with Crippen molar-refractivity contribution in [1.29, 1.82) is 0 Å². The van der Waals surface area contributed by atoms with Crippen LogP contribution < -0.4 is 5.32 Å². The molecule has 0 saturated heterocycles. The Hall–Kier alpha value is -1.72. The summed E-state index contributed by atoms with van der Waals surface area (Å²) >= 11 is 1.52. The summed E-state index contributed by atoms with van der Waals surface area (Å²) in [6.07, 6.45) is 1.08. The Kier molecular flexibility index (Phi) is 4.87. The van der Waals surface area contributed by atoms with Crippen LogP contribution in [0.5, 0.6) is 0 Å². The number of benzene rings is 1. The maximum atomic E-state index is 12.1. The molecule has 1 aromatic heterocycles. The van der Waals surface area contributed by atoms with Crippen molar-refractivity contribution in [3.05, 3.63) is 53.5 Å². The molecule has 1 aromatic carbocycles. The van der Waals surface area contributed by atoms with Gasteiger partial charge in [0.05, 0.1) is 12.1 Å². The van der Waals surface area contributed by atoms with Crippen LogP contribution in [0, 0.1) is 6.92 Å². The highest BCUT2D eigenvalue weighted by Gasteiger charge is 2.15. The molecule has 5 heteroatoms. The highest BCUT2D eigenvalue weighted by atomic mass is 32.2. The second-order valence-electron chi connectivity index (χ2n) is 4.37. The average Bonchev–Trinajstić information content (AvgIpc) is 2.91. The smallest absolute Gasteiger partial charge is 0.252 e. The maximum Gasteiger partial charge on any atom is 0.252 e. The molecule has 0 aliphatic heterocycles. The molecule has 1 heterocycles. The average molecular weight is 291 g/mol. The molecule has 2 N–H and O–H groups in total. The number of hydrogen-bond acceptors (Lipinski definition) is 4. The summed E-state index contributed by atoms with van der Waals surface area (Å²) in [4.78, 5) is 13.0. The highest BCUT2D eigenvalue weighted by molar-refractivity contribution is 7.98. The number of furan rings is 1. The number of thioether (sulfide) groups is 1. The summed E-state index contributed by atoms with van der Waals surface area (Å²) in [7, 11) is 0. The fourth-order valence-corrected chi connectivity index (χ4v) is 2.45. The Morgan fingerprint density at radius 1 is 1.35 bits per heavy atom. The molecule has 0 spiro atoms. The number of nitrogens with one attached hydrogen (secondary N) is 1. The van der Waals surface area contributed by atoms with Crippen LogP contribution >= 0.6 is 11.8 Å². The molecule has 0 unspecified atom stereocenters. The van der Waals surface area contributed by atoms with Gasteiger partial charge in [-0.25, -0.2) is 0 Å². The summed E-state index contributed by atoms with van der Waals surface area (Å²) in [6, 6.07) is 10.9. The van der Waals surface area contributed by atoms with Crippen molar-refractivity contribution >= 4 is 17.7 Å². The van der Waals surface area contributed by atoms with Gasteiger partial charge in [-0.15, -0.1) is 11.8 Å². The topological polar surface area (TPSA) is 62.5 Å². The zero-order valence-electron chi connectivity index (χ0n) is 11.4. The Labute approximate surface area is 122 Å². The second-order valence-corrected chi connectivity index (χ2v) is 5.22. The van der Waals surface area contributed by atoms with Crippen molar-refractivity contribution in [1.82, 2.24) is 5.32 Å². The lowest BCUT2D eigenvalue weighted by Gasteiger charge is -2.11. The Bertz CT molecular complexity index is 594. The van der Waals surface area contributed by atoms with Crippen molar-refractivity contribution in [2.24, 2.45) is 0 Å². The Morgan fingerprint density at radius 3 is 2.75 bits per heavy atom. The molecule has 0 aliphatic rings. The van der Waals surface area contributed by atoms with E-state index in [9.17, 15) is 9.90 Å². The molecule has 4 nitrogen and oxygen atoms in total. The maximum absolute atomic E-state index is 12.1. The van der Waals surface area contributed by atoms with E-state index in [1.54, 1.807) is 18.2 Å². The molecule has 0 fully saturated rings. The van der Waals surface area contributed by atoms with Gasteiger partial charge in [0.1, 0.15) is 17.6 Å². The normalized spacial score (nSPS) is 12.2. The molecular formula is C15H17NO3S. The SMILES string of the molecule is CSc1ccccc1C(=O)NC[C@H](O)c1ccc(C)o1. The minimum atomic E-state index is -0.839. The summed E-state index contributed by atoms with van der Waals surface area (Å²) in [5.41, 5.74) is 0.614. The van der Waals surface area contributed by atoms with Crippen molar-refractivity contribution in [3.63, 3.8) is 0 Å². The zero-order valence-corrected chi connectivity index (χ0v) is 12.2. The summed E-state index contributed by atoms with van der Waals surface area (Å²) in [6.45, 7) is 1.93. The van der Waals surface area contributed by atoms with Gasteiger partial charge < -0.3 is 14.8 Å². The number of carbonyl (C=O) groups is 1. The predicted octanol–water partition coefficient (Wildman–Crippen LogP) is 2.77. The lowest BCUT2D eigenvalue weighted by molar-refractivity contribution is 0.0897. The third-order valence-electron chi connectivity index (χ3n) is 2.90. The monoisotopic (exact) mass is 291 g/mol. The largest absolute Gasteiger partial charge is 0.464 e. The fourth-order valence-electron chi connectivity index (χ4n) is 1.85. The molecule has 2 aromatic rings. The van der Waals surface area contributed by atoms with E-state index >= 15 is 0 Å².